The van der Waals surface area contributed by atoms with E-state index in [1.165, 1.54) is 17.7 Å². The second-order valence-electron chi connectivity index (χ2n) is 6.09. The molecule has 0 fully saturated rings. The van der Waals surface area contributed by atoms with Gasteiger partial charge in [0.05, 0.1) is 4.90 Å². The normalized spacial score (nSPS) is 12.5. The molecule has 5 nitrogen and oxygen atoms in total. The summed E-state index contributed by atoms with van der Waals surface area (Å²) in [6.45, 7) is 2.02. The molecule has 0 saturated carbocycles. The van der Waals surface area contributed by atoms with Gasteiger partial charge >= 0.3 is 0 Å². The van der Waals surface area contributed by atoms with Crippen molar-refractivity contribution in [1.82, 2.24) is 10.0 Å². The van der Waals surface area contributed by atoms with Crippen LogP contribution in [0.2, 0.25) is 0 Å². The molecule has 140 valence electrons. The highest BCUT2D eigenvalue weighted by Crippen LogP contribution is 2.14. The van der Waals surface area contributed by atoms with E-state index in [1.807, 2.05) is 25.1 Å². The van der Waals surface area contributed by atoms with Gasteiger partial charge in [0.25, 0.3) is 0 Å². The Kier molecular flexibility index (Phi) is 7.81. The molecule has 0 aliphatic heterocycles. The monoisotopic (exact) mass is 438 g/mol. The average Bonchev–Trinajstić information content (AvgIpc) is 2.61. The van der Waals surface area contributed by atoms with Crippen molar-refractivity contribution < 1.29 is 13.2 Å². The number of rotatable bonds is 9. The average molecular weight is 439 g/mol. The van der Waals surface area contributed by atoms with Crippen molar-refractivity contribution in [2.24, 2.45) is 0 Å². The van der Waals surface area contributed by atoms with E-state index in [1.54, 1.807) is 12.1 Å². The zero-order chi connectivity index (χ0) is 19.0. The second-order valence-corrected chi connectivity index (χ2v) is 8.78. The summed E-state index contributed by atoms with van der Waals surface area (Å²) in [5.41, 5.74) is 1.23. The van der Waals surface area contributed by atoms with E-state index in [9.17, 15) is 13.2 Å². The fourth-order valence-electron chi connectivity index (χ4n) is 2.44. The number of benzene rings is 2. The number of aryl methyl sites for hydroxylation is 1. The van der Waals surface area contributed by atoms with Crippen LogP contribution in [-0.4, -0.2) is 26.9 Å². The first-order chi connectivity index (χ1) is 12.4. The summed E-state index contributed by atoms with van der Waals surface area (Å²) in [5, 5.41) is 2.90. The van der Waals surface area contributed by atoms with Crippen LogP contribution in [-0.2, 0) is 21.2 Å². The Morgan fingerprint density at radius 2 is 1.73 bits per heavy atom. The molecule has 2 rings (SSSR count). The van der Waals surface area contributed by atoms with E-state index in [-0.39, 0.29) is 29.8 Å². The minimum atomic E-state index is -3.60. The van der Waals surface area contributed by atoms with Crippen molar-refractivity contribution in [1.29, 1.82) is 0 Å². The van der Waals surface area contributed by atoms with Crippen molar-refractivity contribution in [3.63, 3.8) is 0 Å². The Morgan fingerprint density at radius 3 is 2.38 bits per heavy atom. The lowest BCUT2D eigenvalue weighted by molar-refractivity contribution is -0.121. The minimum absolute atomic E-state index is 0.0331. The number of hydrogen-bond donors (Lipinski definition) is 2. The van der Waals surface area contributed by atoms with Gasteiger partial charge in [-0.2, -0.15) is 0 Å². The summed E-state index contributed by atoms with van der Waals surface area (Å²) in [7, 11) is -3.60. The maximum atomic E-state index is 12.1. The number of hydrogen-bond acceptors (Lipinski definition) is 3. The number of sulfonamides is 1. The molecule has 2 aromatic rings. The fourth-order valence-corrected chi connectivity index (χ4v) is 3.74. The van der Waals surface area contributed by atoms with E-state index >= 15 is 0 Å². The van der Waals surface area contributed by atoms with Gasteiger partial charge in [-0.25, -0.2) is 13.1 Å². The van der Waals surface area contributed by atoms with E-state index in [2.05, 4.69) is 38.1 Å². The third-order valence-corrected chi connectivity index (χ3v) is 5.89. The molecule has 0 aromatic heterocycles. The topological polar surface area (TPSA) is 75.3 Å². The summed E-state index contributed by atoms with van der Waals surface area (Å²) in [6.07, 6.45) is 1.82. The molecule has 0 spiro atoms. The number of amides is 1. The lowest BCUT2D eigenvalue weighted by atomic mass is 10.1. The number of carbonyl (C=O) groups excluding carboxylic acids is 1. The first-order valence-corrected chi connectivity index (χ1v) is 10.7. The number of halogens is 1. The van der Waals surface area contributed by atoms with Gasteiger partial charge in [-0.05, 0) is 49.6 Å². The van der Waals surface area contributed by atoms with Crippen molar-refractivity contribution >= 4 is 31.9 Å². The van der Waals surface area contributed by atoms with Crippen LogP contribution in [0.5, 0.6) is 0 Å². The Morgan fingerprint density at radius 1 is 1.08 bits per heavy atom. The molecule has 0 saturated heterocycles. The van der Waals surface area contributed by atoms with E-state index < -0.39 is 10.0 Å². The van der Waals surface area contributed by atoms with Crippen molar-refractivity contribution in [2.75, 3.05) is 6.54 Å². The van der Waals surface area contributed by atoms with Gasteiger partial charge in [0.15, 0.2) is 0 Å². The SMILES string of the molecule is C[C@H](CCc1ccccc1)NC(=O)CCNS(=O)(=O)c1ccc(Br)cc1. The molecule has 0 bridgehead atoms. The Bertz CT molecular complexity index is 808. The van der Waals surface area contributed by atoms with E-state index in [0.29, 0.717) is 0 Å². The lowest BCUT2D eigenvalue weighted by Crippen LogP contribution is -2.35. The summed E-state index contributed by atoms with van der Waals surface area (Å²) < 4.78 is 27.6. The van der Waals surface area contributed by atoms with Gasteiger partial charge in [0.2, 0.25) is 15.9 Å². The third-order valence-electron chi connectivity index (χ3n) is 3.88. The first-order valence-electron chi connectivity index (χ1n) is 8.45. The highest BCUT2D eigenvalue weighted by Gasteiger charge is 2.14. The minimum Gasteiger partial charge on any atom is -0.354 e. The van der Waals surface area contributed by atoms with Gasteiger partial charge < -0.3 is 5.32 Å². The molecule has 2 aromatic carbocycles. The maximum absolute atomic E-state index is 12.1. The quantitative estimate of drug-likeness (QED) is 0.630. The molecule has 0 aliphatic carbocycles. The third kappa shape index (κ3) is 6.90. The van der Waals surface area contributed by atoms with Crippen LogP contribution in [0, 0.1) is 0 Å². The number of carbonyl (C=O) groups is 1. The number of nitrogens with one attached hydrogen (secondary N) is 2. The summed E-state index contributed by atoms with van der Waals surface area (Å²) in [5.74, 6) is -0.163. The van der Waals surface area contributed by atoms with Crippen molar-refractivity contribution in [2.45, 2.75) is 37.1 Å². The van der Waals surface area contributed by atoms with Crippen LogP contribution in [0.4, 0.5) is 0 Å². The van der Waals surface area contributed by atoms with Gasteiger partial charge in [0.1, 0.15) is 0 Å². The lowest BCUT2D eigenvalue weighted by Gasteiger charge is -2.14. The summed E-state index contributed by atoms with van der Waals surface area (Å²) >= 11 is 3.27. The largest absolute Gasteiger partial charge is 0.354 e. The summed E-state index contributed by atoms with van der Waals surface area (Å²) in [4.78, 5) is 12.2. The van der Waals surface area contributed by atoms with E-state index in [0.717, 1.165) is 17.3 Å². The second kappa shape index (κ2) is 9.85. The van der Waals surface area contributed by atoms with Crippen LogP contribution in [0.1, 0.15) is 25.3 Å². The molecule has 0 heterocycles. The Labute approximate surface area is 163 Å². The first kappa shape index (κ1) is 20.6. The summed E-state index contributed by atoms with van der Waals surface area (Å²) in [6, 6.07) is 16.5. The highest BCUT2D eigenvalue weighted by atomic mass is 79.9. The molecule has 2 N–H and O–H groups in total. The fraction of sp³-hybridized carbons (Fsp3) is 0.316. The molecule has 1 amide bonds. The van der Waals surface area contributed by atoms with Crippen LogP contribution in [0.3, 0.4) is 0 Å². The highest BCUT2D eigenvalue weighted by molar-refractivity contribution is 9.10. The van der Waals surface area contributed by atoms with Gasteiger partial charge in [-0.3, -0.25) is 4.79 Å². The van der Waals surface area contributed by atoms with Crippen molar-refractivity contribution in [3.8, 4) is 0 Å². The molecule has 0 unspecified atom stereocenters. The predicted molar refractivity (Wildman–Crippen MR) is 106 cm³/mol. The standard InChI is InChI=1S/C19H23BrN2O3S/c1-15(7-8-16-5-3-2-4-6-16)22-19(23)13-14-21-26(24,25)18-11-9-17(20)10-12-18/h2-6,9-12,15,21H,7-8,13-14H2,1H3,(H,22,23)/t15-/m1/s1. The molecule has 1 atom stereocenters. The zero-order valence-electron chi connectivity index (χ0n) is 14.6. The van der Waals surface area contributed by atoms with Crippen LogP contribution in [0.15, 0.2) is 64.0 Å². The molecular weight excluding hydrogens is 416 g/mol. The molecule has 0 aliphatic rings. The van der Waals surface area contributed by atoms with Gasteiger partial charge in [-0.15, -0.1) is 0 Å². The van der Waals surface area contributed by atoms with Crippen LogP contribution < -0.4 is 10.0 Å². The maximum Gasteiger partial charge on any atom is 0.240 e. The Balaban J connectivity index is 1.71. The van der Waals surface area contributed by atoms with E-state index in [4.69, 9.17) is 0 Å². The molecule has 7 heteroatoms. The van der Waals surface area contributed by atoms with Gasteiger partial charge in [0, 0.05) is 23.5 Å². The van der Waals surface area contributed by atoms with Gasteiger partial charge in [-0.1, -0.05) is 46.3 Å². The smallest absolute Gasteiger partial charge is 0.240 e. The van der Waals surface area contributed by atoms with Crippen LogP contribution in [0.25, 0.3) is 0 Å². The molecule has 26 heavy (non-hydrogen) atoms. The van der Waals surface area contributed by atoms with Crippen molar-refractivity contribution in [3.05, 3.63) is 64.6 Å². The molecule has 0 radical (unpaired) electrons. The predicted octanol–water partition coefficient (Wildman–Crippen LogP) is 3.26. The van der Waals surface area contributed by atoms with Crippen LogP contribution >= 0.6 is 15.9 Å². The Hall–Kier alpha value is -1.70. The zero-order valence-corrected chi connectivity index (χ0v) is 17.0. The molecular formula is C19H23BrN2O3S.